The van der Waals surface area contributed by atoms with Crippen LogP contribution in [-0.4, -0.2) is 0 Å². The number of para-hydroxylation sites is 1. The van der Waals surface area contributed by atoms with Crippen molar-refractivity contribution < 1.29 is 4.74 Å². The molecule has 6 unspecified atom stereocenters. The third-order valence-electron chi connectivity index (χ3n) is 17.8. The van der Waals surface area contributed by atoms with Crippen molar-refractivity contribution in [2.75, 3.05) is 4.90 Å². The summed E-state index contributed by atoms with van der Waals surface area (Å²) in [6.45, 7) is 14.7. The molecule has 0 amide bonds. The fourth-order valence-electron chi connectivity index (χ4n) is 15.2. The van der Waals surface area contributed by atoms with Crippen LogP contribution < -0.4 is 9.64 Å². The van der Waals surface area contributed by atoms with E-state index in [1.54, 1.807) is 0 Å². The Kier molecular flexibility index (Phi) is 6.59. The summed E-state index contributed by atoms with van der Waals surface area (Å²) in [7, 11) is 0. The zero-order chi connectivity index (χ0) is 39.8. The number of anilines is 3. The zero-order valence-corrected chi connectivity index (χ0v) is 35.5. The van der Waals surface area contributed by atoms with E-state index in [9.17, 15) is 0 Å². The molecule has 0 saturated heterocycles. The van der Waals surface area contributed by atoms with Gasteiger partial charge in [-0.1, -0.05) is 139 Å². The van der Waals surface area contributed by atoms with E-state index in [1.165, 1.54) is 105 Å². The summed E-state index contributed by atoms with van der Waals surface area (Å²) in [5, 5.41) is 0. The molecule has 6 atom stereocenters. The number of hydrogen-bond donors (Lipinski definition) is 0. The summed E-state index contributed by atoms with van der Waals surface area (Å²) in [5.74, 6) is 5.28. The van der Waals surface area contributed by atoms with Gasteiger partial charge in [0, 0.05) is 27.6 Å². The summed E-state index contributed by atoms with van der Waals surface area (Å²) in [4.78, 5) is 2.64. The molecule has 59 heavy (non-hydrogen) atoms. The van der Waals surface area contributed by atoms with Crippen LogP contribution in [0.15, 0.2) is 127 Å². The van der Waals surface area contributed by atoms with Crippen molar-refractivity contribution >= 4 is 17.1 Å². The highest BCUT2D eigenvalue weighted by Gasteiger charge is 2.84. The van der Waals surface area contributed by atoms with Crippen LogP contribution in [0, 0.1) is 29.1 Å². The maximum Gasteiger partial charge on any atom is 0.155 e. The molecule has 0 N–H and O–H groups in total. The molecule has 1 aliphatic heterocycles. The minimum Gasteiger partial charge on any atom is -0.454 e. The average molecular weight is 770 g/mol. The molecule has 6 aromatic carbocycles. The monoisotopic (exact) mass is 769 g/mol. The van der Waals surface area contributed by atoms with Crippen LogP contribution in [-0.2, 0) is 21.7 Å². The van der Waals surface area contributed by atoms with Crippen molar-refractivity contribution in [2.24, 2.45) is 29.1 Å². The quantitative estimate of drug-likeness (QED) is 0.177. The molecule has 7 aliphatic rings. The van der Waals surface area contributed by atoms with E-state index in [0.717, 1.165) is 29.8 Å². The lowest BCUT2D eigenvalue weighted by molar-refractivity contribution is -0.235. The normalized spacial score (nSPS) is 29.5. The summed E-state index contributed by atoms with van der Waals surface area (Å²) >= 11 is 0. The molecular formula is C57H55NO. The van der Waals surface area contributed by atoms with E-state index in [-0.39, 0.29) is 21.7 Å². The minimum absolute atomic E-state index is 0.00438. The highest BCUT2D eigenvalue weighted by molar-refractivity contribution is 5.89. The maximum atomic E-state index is 7.60. The number of nitrogens with zero attached hydrogens (tertiary/aromatic N) is 1. The number of ether oxygens (including phenoxy) is 1. The molecule has 2 bridgehead atoms. The van der Waals surface area contributed by atoms with Crippen molar-refractivity contribution in [3.8, 4) is 33.8 Å². The van der Waals surface area contributed by atoms with Crippen LogP contribution in [0.25, 0.3) is 22.3 Å². The van der Waals surface area contributed by atoms with E-state index in [0.29, 0.717) is 17.3 Å². The van der Waals surface area contributed by atoms with Crippen molar-refractivity contribution in [3.05, 3.63) is 161 Å². The first kappa shape index (κ1) is 34.8. The predicted molar refractivity (Wildman–Crippen MR) is 242 cm³/mol. The second-order valence-electron chi connectivity index (χ2n) is 21.6. The summed E-state index contributed by atoms with van der Waals surface area (Å²) < 4.78 is 7.60. The second kappa shape index (κ2) is 11.2. The Balaban J connectivity index is 1.08. The smallest absolute Gasteiger partial charge is 0.155 e. The fourth-order valence-corrected chi connectivity index (χ4v) is 15.2. The van der Waals surface area contributed by atoms with Gasteiger partial charge in [0.1, 0.15) is 5.75 Å². The second-order valence-corrected chi connectivity index (χ2v) is 21.6. The molecule has 13 rings (SSSR count). The molecule has 2 spiro atoms. The number of hydrogen-bond acceptors (Lipinski definition) is 2. The van der Waals surface area contributed by atoms with Gasteiger partial charge in [-0.2, -0.15) is 0 Å². The van der Waals surface area contributed by atoms with Crippen LogP contribution >= 0.6 is 0 Å². The van der Waals surface area contributed by atoms with Crippen LogP contribution in [0.2, 0.25) is 0 Å². The lowest BCUT2D eigenvalue weighted by Crippen LogP contribution is -2.74. The van der Waals surface area contributed by atoms with Gasteiger partial charge in [0.15, 0.2) is 5.75 Å². The Bertz CT molecular complexity index is 2790. The Hall–Kier alpha value is -5.08. The Morgan fingerprint density at radius 2 is 1.25 bits per heavy atom. The van der Waals surface area contributed by atoms with Crippen molar-refractivity contribution in [1.82, 2.24) is 0 Å². The molecule has 294 valence electrons. The highest BCUT2D eigenvalue weighted by Crippen LogP contribution is 2.89. The molecule has 2 heteroatoms. The number of rotatable bonds is 4. The SMILES string of the molecule is CC1(C)CCC(C)(C)c2c(N(c3ccc4c(c3)C(C)(C)c3ccccc3-4)c3cccc4c3Oc3cc(-c5ccccc5)ccc3C43C4CC5CC6CC3C64C5)cccc21. The number of benzene rings is 6. The van der Waals surface area contributed by atoms with Gasteiger partial charge in [-0.3, -0.25) is 0 Å². The summed E-state index contributed by atoms with van der Waals surface area (Å²) in [6.07, 6.45) is 7.96. The Labute approximate surface area is 350 Å². The van der Waals surface area contributed by atoms with E-state index in [1.807, 2.05) is 0 Å². The standard InChI is InChI=1S/C57H55NO/c1-53(2)26-27-54(3,4)51-43(53)18-12-20-46(51)58(38-23-24-40-39-16-10-11-17-41(39)55(5,6)45(40)32-38)47-21-13-19-44-52(47)59-48-30-36(35-14-8-7-9-15-35)22-25-42(48)57(44)49-29-34-28-37-31-50(57)56(37,49)33-34/h7-25,30,32,34,37,49-50H,26-29,31,33H2,1-6H3. The first-order chi connectivity index (χ1) is 28.4. The Morgan fingerprint density at radius 1 is 0.542 bits per heavy atom. The lowest BCUT2D eigenvalue weighted by atomic mass is 9.26. The van der Waals surface area contributed by atoms with Crippen molar-refractivity contribution in [3.63, 3.8) is 0 Å². The van der Waals surface area contributed by atoms with Gasteiger partial charge >= 0.3 is 0 Å². The van der Waals surface area contributed by atoms with Gasteiger partial charge in [0.25, 0.3) is 0 Å². The molecular weight excluding hydrogens is 715 g/mol. The highest BCUT2D eigenvalue weighted by atomic mass is 16.5. The van der Waals surface area contributed by atoms with Crippen LogP contribution in [0.1, 0.15) is 113 Å². The molecule has 2 nitrogen and oxygen atoms in total. The van der Waals surface area contributed by atoms with E-state index in [4.69, 9.17) is 4.74 Å². The third kappa shape index (κ3) is 4.15. The average Bonchev–Trinajstić information content (AvgIpc) is 3.85. The molecule has 0 aromatic heterocycles. The van der Waals surface area contributed by atoms with E-state index < -0.39 is 0 Å². The zero-order valence-electron chi connectivity index (χ0n) is 35.5. The molecule has 6 aliphatic carbocycles. The van der Waals surface area contributed by atoms with Gasteiger partial charge in [-0.15, -0.1) is 0 Å². The molecule has 0 radical (unpaired) electrons. The van der Waals surface area contributed by atoms with Gasteiger partial charge in [-0.25, -0.2) is 0 Å². The van der Waals surface area contributed by atoms with E-state index >= 15 is 0 Å². The molecule has 1 heterocycles. The fraction of sp³-hybridized carbons (Fsp3) is 0.368. The first-order valence-electron chi connectivity index (χ1n) is 22.6. The lowest BCUT2D eigenvalue weighted by Gasteiger charge is -2.77. The summed E-state index contributed by atoms with van der Waals surface area (Å²) in [5.41, 5.74) is 18.0. The van der Waals surface area contributed by atoms with E-state index in [2.05, 4.69) is 174 Å². The largest absolute Gasteiger partial charge is 0.454 e. The van der Waals surface area contributed by atoms with Gasteiger partial charge < -0.3 is 9.64 Å². The summed E-state index contributed by atoms with van der Waals surface area (Å²) in [6, 6.07) is 48.9. The van der Waals surface area contributed by atoms with Gasteiger partial charge in [0.2, 0.25) is 0 Å². The van der Waals surface area contributed by atoms with Crippen molar-refractivity contribution in [2.45, 2.75) is 102 Å². The van der Waals surface area contributed by atoms with Crippen LogP contribution in [0.3, 0.4) is 0 Å². The van der Waals surface area contributed by atoms with Crippen LogP contribution in [0.4, 0.5) is 17.1 Å². The van der Waals surface area contributed by atoms with Gasteiger partial charge in [0.05, 0.1) is 11.4 Å². The Morgan fingerprint density at radius 3 is 2.08 bits per heavy atom. The molecule has 4 saturated carbocycles. The maximum absolute atomic E-state index is 7.60. The van der Waals surface area contributed by atoms with Crippen LogP contribution in [0.5, 0.6) is 11.5 Å². The number of fused-ring (bicyclic) bond motifs is 11. The van der Waals surface area contributed by atoms with Gasteiger partial charge in [-0.05, 0) is 153 Å². The van der Waals surface area contributed by atoms with Crippen molar-refractivity contribution in [1.29, 1.82) is 0 Å². The molecule has 4 fully saturated rings. The predicted octanol–water partition coefficient (Wildman–Crippen LogP) is 14.9. The first-order valence-corrected chi connectivity index (χ1v) is 22.6. The minimum atomic E-state index is -0.114. The third-order valence-corrected chi connectivity index (χ3v) is 17.8. The topological polar surface area (TPSA) is 12.5 Å². The molecule has 6 aromatic rings.